The molecule has 0 unspecified atom stereocenters. The van der Waals surface area contributed by atoms with Crippen molar-refractivity contribution in [3.63, 3.8) is 0 Å². The van der Waals surface area contributed by atoms with E-state index in [-0.39, 0.29) is 11.6 Å². The number of nitrogens with one attached hydrogen (secondary N) is 1. The first-order valence-corrected chi connectivity index (χ1v) is 8.17. The lowest BCUT2D eigenvalue weighted by Gasteiger charge is -2.23. The zero-order valence-corrected chi connectivity index (χ0v) is 13.9. The fourth-order valence-corrected chi connectivity index (χ4v) is 3.48. The van der Waals surface area contributed by atoms with Crippen LogP contribution >= 0.6 is 22.9 Å². The number of aromatic amines is 1. The van der Waals surface area contributed by atoms with E-state index < -0.39 is 0 Å². The van der Waals surface area contributed by atoms with Crippen LogP contribution in [0, 0.1) is 0 Å². The van der Waals surface area contributed by atoms with Gasteiger partial charge in [-0.1, -0.05) is 23.7 Å². The molecule has 114 valence electrons. The van der Waals surface area contributed by atoms with Crippen LogP contribution in [0.1, 0.15) is 23.7 Å². The molecule has 3 aromatic rings. The average Bonchev–Trinajstić information content (AvgIpc) is 2.91. The van der Waals surface area contributed by atoms with Crippen LogP contribution < -0.4 is 5.56 Å². The van der Waals surface area contributed by atoms with Crippen molar-refractivity contribution in [2.24, 2.45) is 0 Å². The van der Waals surface area contributed by atoms with E-state index in [1.54, 1.807) is 17.4 Å². The van der Waals surface area contributed by atoms with Gasteiger partial charge in [0.2, 0.25) is 0 Å². The van der Waals surface area contributed by atoms with Crippen molar-refractivity contribution in [3.8, 4) is 0 Å². The van der Waals surface area contributed by atoms with Crippen LogP contribution in [-0.4, -0.2) is 21.9 Å². The second-order valence-electron chi connectivity index (χ2n) is 5.27. The van der Waals surface area contributed by atoms with E-state index in [1.165, 1.54) is 4.88 Å². The lowest BCUT2D eigenvalue weighted by Crippen LogP contribution is -2.25. The van der Waals surface area contributed by atoms with Crippen LogP contribution in [-0.2, 0) is 6.54 Å². The third-order valence-corrected chi connectivity index (χ3v) is 4.94. The minimum absolute atomic E-state index is 0.00168. The van der Waals surface area contributed by atoms with E-state index in [9.17, 15) is 4.79 Å². The monoisotopic (exact) mass is 333 g/mol. The van der Waals surface area contributed by atoms with Crippen molar-refractivity contribution in [1.82, 2.24) is 14.9 Å². The number of thiophene rings is 1. The molecule has 3 rings (SSSR count). The van der Waals surface area contributed by atoms with Gasteiger partial charge in [-0.2, -0.15) is 0 Å². The van der Waals surface area contributed by atoms with Gasteiger partial charge in [-0.3, -0.25) is 9.69 Å². The standard InChI is InChI=1S/C16H16ClN3OS/c1-10(20(2)9-11-7-8-14(17)22-11)15-18-13-6-4-3-5-12(13)16(21)19-15/h3-8,10H,9H2,1-2H3,(H,18,19,21)/t10-/m1/s1. The first-order valence-electron chi connectivity index (χ1n) is 6.98. The highest BCUT2D eigenvalue weighted by Crippen LogP contribution is 2.25. The number of fused-ring (bicyclic) bond motifs is 1. The second kappa shape index (κ2) is 6.20. The van der Waals surface area contributed by atoms with Gasteiger partial charge in [0.25, 0.3) is 5.56 Å². The highest BCUT2D eigenvalue weighted by molar-refractivity contribution is 7.16. The molecule has 4 nitrogen and oxygen atoms in total. The summed E-state index contributed by atoms with van der Waals surface area (Å²) in [5.41, 5.74) is 0.626. The molecule has 0 saturated heterocycles. The van der Waals surface area contributed by atoms with E-state index in [0.29, 0.717) is 11.2 Å². The molecule has 0 fully saturated rings. The van der Waals surface area contributed by atoms with Gasteiger partial charge in [0.1, 0.15) is 5.82 Å². The fraction of sp³-hybridized carbons (Fsp3) is 0.250. The van der Waals surface area contributed by atoms with Gasteiger partial charge in [-0.25, -0.2) is 4.98 Å². The summed E-state index contributed by atoms with van der Waals surface area (Å²) in [4.78, 5) is 23.0. The Kier molecular flexibility index (Phi) is 4.29. The van der Waals surface area contributed by atoms with E-state index in [4.69, 9.17) is 11.6 Å². The molecule has 0 aliphatic carbocycles. The van der Waals surface area contributed by atoms with Crippen LogP contribution in [0.25, 0.3) is 10.9 Å². The molecule has 1 N–H and O–H groups in total. The molecule has 0 amide bonds. The summed E-state index contributed by atoms with van der Waals surface area (Å²) in [6.07, 6.45) is 0. The van der Waals surface area contributed by atoms with Crippen LogP contribution in [0.5, 0.6) is 0 Å². The van der Waals surface area contributed by atoms with Crippen LogP contribution in [0.2, 0.25) is 4.34 Å². The van der Waals surface area contributed by atoms with E-state index in [2.05, 4.69) is 14.9 Å². The van der Waals surface area contributed by atoms with Crippen LogP contribution in [0.15, 0.2) is 41.2 Å². The van der Waals surface area contributed by atoms with Crippen molar-refractivity contribution in [2.45, 2.75) is 19.5 Å². The molecule has 2 heterocycles. The number of hydrogen-bond donors (Lipinski definition) is 1. The Morgan fingerprint density at radius 1 is 1.32 bits per heavy atom. The number of aromatic nitrogens is 2. The van der Waals surface area contributed by atoms with Crippen molar-refractivity contribution >= 4 is 33.8 Å². The summed E-state index contributed by atoms with van der Waals surface area (Å²) < 4.78 is 0.785. The zero-order chi connectivity index (χ0) is 15.7. The first kappa shape index (κ1) is 15.2. The summed E-state index contributed by atoms with van der Waals surface area (Å²) in [7, 11) is 2.01. The number of para-hydroxylation sites is 1. The van der Waals surface area contributed by atoms with Crippen molar-refractivity contribution < 1.29 is 0 Å². The average molecular weight is 334 g/mol. The Hall–Kier alpha value is -1.69. The maximum atomic E-state index is 12.2. The molecule has 0 saturated carbocycles. The number of hydrogen-bond acceptors (Lipinski definition) is 4. The summed E-state index contributed by atoms with van der Waals surface area (Å²) >= 11 is 7.53. The smallest absolute Gasteiger partial charge is 0.258 e. The van der Waals surface area contributed by atoms with Crippen molar-refractivity contribution in [2.75, 3.05) is 7.05 Å². The lowest BCUT2D eigenvalue weighted by atomic mass is 10.2. The van der Waals surface area contributed by atoms with Crippen LogP contribution in [0.3, 0.4) is 0 Å². The number of rotatable bonds is 4. The Labute approximate surface area is 137 Å². The largest absolute Gasteiger partial charge is 0.309 e. The molecule has 0 aliphatic heterocycles. The van der Waals surface area contributed by atoms with Gasteiger partial charge in [0.05, 0.1) is 21.3 Å². The third-order valence-electron chi connectivity index (χ3n) is 3.72. The molecule has 22 heavy (non-hydrogen) atoms. The van der Waals surface area contributed by atoms with Gasteiger partial charge in [0, 0.05) is 11.4 Å². The second-order valence-corrected chi connectivity index (χ2v) is 7.06. The predicted octanol–water partition coefficient (Wildman–Crippen LogP) is 3.83. The zero-order valence-electron chi connectivity index (χ0n) is 12.3. The van der Waals surface area contributed by atoms with E-state index in [1.807, 2.05) is 44.3 Å². The molecule has 6 heteroatoms. The van der Waals surface area contributed by atoms with E-state index >= 15 is 0 Å². The molecule has 0 spiro atoms. The minimum Gasteiger partial charge on any atom is -0.309 e. The molecule has 1 atom stereocenters. The normalized spacial score (nSPS) is 12.9. The molecule has 2 aromatic heterocycles. The van der Waals surface area contributed by atoms with Gasteiger partial charge in [0.15, 0.2) is 0 Å². The fourth-order valence-electron chi connectivity index (χ4n) is 2.33. The molecular weight excluding hydrogens is 318 g/mol. The maximum Gasteiger partial charge on any atom is 0.258 e. The van der Waals surface area contributed by atoms with Gasteiger partial charge in [-0.15, -0.1) is 11.3 Å². The number of nitrogens with zero attached hydrogens (tertiary/aromatic N) is 2. The minimum atomic E-state index is -0.0972. The number of benzene rings is 1. The Morgan fingerprint density at radius 3 is 2.82 bits per heavy atom. The highest BCUT2D eigenvalue weighted by atomic mass is 35.5. The van der Waals surface area contributed by atoms with Crippen LogP contribution in [0.4, 0.5) is 0 Å². The Bertz CT molecular complexity index is 858. The molecule has 0 aliphatic rings. The first-order chi connectivity index (χ1) is 10.5. The highest BCUT2D eigenvalue weighted by Gasteiger charge is 2.16. The quantitative estimate of drug-likeness (QED) is 0.789. The Morgan fingerprint density at radius 2 is 2.09 bits per heavy atom. The lowest BCUT2D eigenvalue weighted by molar-refractivity contribution is 0.246. The molecule has 1 aromatic carbocycles. The van der Waals surface area contributed by atoms with Crippen molar-refractivity contribution in [1.29, 1.82) is 0 Å². The van der Waals surface area contributed by atoms with Crippen molar-refractivity contribution in [3.05, 3.63) is 61.8 Å². The summed E-state index contributed by atoms with van der Waals surface area (Å²) in [6, 6.07) is 11.3. The van der Waals surface area contributed by atoms with Gasteiger partial charge in [-0.05, 0) is 38.2 Å². The topological polar surface area (TPSA) is 49.0 Å². The summed E-state index contributed by atoms with van der Waals surface area (Å²) in [5, 5.41) is 0.617. The summed E-state index contributed by atoms with van der Waals surface area (Å²) in [6.45, 7) is 2.79. The number of halogens is 1. The summed E-state index contributed by atoms with van der Waals surface area (Å²) in [5.74, 6) is 0.675. The Balaban J connectivity index is 1.88. The SMILES string of the molecule is C[C@H](c1nc2ccccc2c(=O)[nH]1)N(C)Cc1ccc(Cl)s1. The molecular formula is C16H16ClN3OS. The van der Waals surface area contributed by atoms with E-state index in [0.717, 1.165) is 16.4 Å². The molecule has 0 radical (unpaired) electrons. The predicted molar refractivity (Wildman–Crippen MR) is 91.6 cm³/mol. The molecule has 0 bridgehead atoms. The van der Waals surface area contributed by atoms with Gasteiger partial charge >= 0.3 is 0 Å². The third kappa shape index (κ3) is 3.06. The van der Waals surface area contributed by atoms with Gasteiger partial charge < -0.3 is 4.98 Å². The maximum absolute atomic E-state index is 12.2. The number of H-pyrrole nitrogens is 1.